The maximum absolute atomic E-state index is 6.63. The van der Waals surface area contributed by atoms with Gasteiger partial charge in [0.15, 0.2) is 6.29 Å². The molecule has 0 spiro atoms. The molecule has 1 aliphatic heterocycles. The second-order valence-electron chi connectivity index (χ2n) is 21.1. The number of benzene rings is 6. The molecule has 386 valence electrons. The molecular formula is C63H74O10. The lowest BCUT2D eigenvalue weighted by Crippen LogP contribution is -2.43. The molecular weight excluding hydrogens is 917 g/mol. The molecule has 0 N–H and O–H groups in total. The first kappa shape index (κ1) is 52.8. The van der Waals surface area contributed by atoms with Crippen molar-refractivity contribution in [2.24, 2.45) is 0 Å². The van der Waals surface area contributed by atoms with Gasteiger partial charge in [-0.3, -0.25) is 0 Å². The van der Waals surface area contributed by atoms with Gasteiger partial charge in [-0.05, 0) is 135 Å². The highest BCUT2D eigenvalue weighted by Gasteiger charge is 2.51. The molecule has 0 atom stereocenters. The Balaban J connectivity index is 0.854. The summed E-state index contributed by atoms with van der Waals surface area (Å²) in [5, 5.41) is 0. The van der Waals surface area contributed by atoms with E-state index in [1.165, 1.54) is 5.56 Å². The zero-order chi connectivity index (χ0) is 51.2. The van der Waals surface area contributed by atoms with Crippen molar-refractivity contribution >= 4 is 0 Å². The van der Waals surface area contributed by atoms with Crippen LogP contribution in [0.1, 0.15) is 113 Å². The van der Waals surface area contributed by atoms with Crippen LogP contribution in [0.25, 0.3) is 33.4 Å². The maximum Gasteiger partial charge on any atom is 0.185 e. The van der Waals surface area contributed by atoms with Crippen LogP contribution in [0.4, 0.5) is 0 Å². The maximum atomic E-state index is 6.63. The van der Waals surface area contributed by atoms with E-state index in [2.05, 4.69) is 173 Å². The Bertz CT molecular complexity index is 2650. The molecule has 10 nitrogen and oxygen atoms in total. The van der Waals surface area contributed by atoms with Crippen molar-refractivity contribution < 1.29 is 47.4 Å². The number of methoxy groups -OCH3 is 4. The summed E-state index contributed by atoms with van der Waals surface area (Å²) in [4.78, 5) is 0. The first-order valence-corrected chi connectivity index (χ1v) is 25.8. The molecule has 0 amide bonds. The molecule has 3 fully saturated rings. The molecule has 1 heterocycles. The molecule has 0 aromatic heterocycles. The van der Waals surface area contributed by atoms with Gasteiger partial charge >= 0.3 is 0 Å². The molecule has 0 radical (unpaired) electrons. The minimum absolute atomic E-state index is 0.191. The minimum atomic E-state index is -0.545. The fourth-order valence-corrected chi connectivity index (χ4v) is 11.2. The molecule has 2 saturated carbocycles. The van der Waals surface area contributed by atoms with Crippen molar-refractivity contribution in [2.75, 3.05) is 55.6 Å². The van der Waals surface area contributed by atoms with E-state index >= 15 is 0 Å². The van der Waals surface area contributed by atoms with Gasteiger partial charge in [0.1, 0.15) is 27.2 Å². The van der Waals surface area contributed by atoms with Crippen LogP contribution in [0.2, 0.25) is 0 Å². The van der Waals surface area contributed by atoms with Crippen LogP contribution in [0.3, 0.4) is 0 Å². The number of hydrogen-bond acceptors (Lipinski definition) is 10. The Kier molecular flexibility index (Phi) is 16.2. The van der Waals surface area contributed by atoms with Gasteiger partial charge in [0.05, 0.1) is 33.6 Å². The molecule has 9 rings (SSSR count). The van der Waals surface area contributed by atoms with Crippen LogP contribution in [0, 0.1) is 0 Å². The summed E-state index contributed by atoms with van der Waals surface area (Å²) >= 11 is 0. The zero-order valence-corrected chi connectivity index (χ0v) is 44.1. The van der Waals surface area contributed by atoms with Crippen LogP contribution in [0.15, 0.2) is 152 Å². The fourth-order valence-electron chi connectivity index (χ4n) is 11.2. The van der Waals surface area contributed by atoms with Gasteiger partial charge in [-0.25, -0.2) is 0 Å². The normalized spacial score (nSPS) is 24.9. The lowest BCUT2D eigenvalue weighted by Gasteiger charge is -2.46. The van der Waals surface area contributed by atoms with Crippen molar-refractivity contribution in [2.45, 2.75) is 119 Å². The van der Waals surface area contributed by atoms with E-state index < -0.39 is 39.9 Å². The monoisotopic (exact) mass is 991 g/mol. The Hall–Kier alpha value is -5.08. The Morgan fingerprint density at radius 1 is 0.329 bits per heavy atom. The van der Waals surface area contributed by atoms with Crippen LogP contribution in [-0.4, -0.2) is 66.8 Å². The lowest BCUT2D eigenvalue weighted by molar-refractivity contribution is -0.203. The third-order valence-electron chi connectivity index (χ3n) is 16.4. The molecule has 2 aliphatic carbocycles. The SMILES string of the molecule is COCOC1(c2ccccc2)CCC(OCOC)(c2ccc(-c3ccc(-c4ccc(-c5ccc(C6(OCOC)CCC(OCOC)(c7ccc(C8OC(C)(C)C(C)(C)O8)cc7)CC6)cc5)cc4)cc3)cc2)CC1. The molecule has 0 bridgehead atoms. The zero-order valence-electron chi connectivity index (χ0n) is 44.1. The van der Waals surface area contributed by atoms with Crippen LogP contribution < -0.4 is 0 Å². The highest BCUT2D eigenvalue weighted by molar-refractivity contribution is 5.73. The van der Waals surface area contributed by atoms with Crippen molar-refractivity contribution in [1.29, 1.82) is 0 Å². The summed E-state index contributed by atoms with van der Waals surface area (Å²) in [7, 11) is 6.69. The van der Waals surface area contributed by atoms with Crippen molar-refractivity contribution in [1.82, 2.24) is 0 Å². The Morgan fingerprint density at radius 3 is 0.822 bits per heavy atom. The molecule has 73 heavy (non-hydrogen) atoms. The second-order valence-corrected chi connectivity index (χ2v) is 21.1. The fraction of sp³-hybridized carbons (Fsp3) is 0.429. The topological polar surface area (TPSA) is 92.3 Å². The summed E-state index contributed by atoms with van der Waals surface area (Å²) in [6.07, 6.45) is 5.69. The quantitative estimate of drug-likeness (QED) is 0.0689. The largest absolute Gasteiger partial charge is 0.359 e. The molecule has 1 saturated heterocycles. The van der Waals surface area contributed by atoms with Crippen molar-refractivity contribution in [3.8, 4) is 33.4 Å². The van der Waals surface area contributed by atoms with Gasteiger partial charge in [-0.1, -0.05) is 152 Å². The van der Waals surface area contributed by atoms with Crippen LogP contribution in [0.5, 0.6) is 0 Å². The highest BCUT2D eigenvalue weighted by Crippen LogP contribution is 2.52. The summed E-state index contributed by atoms with van der Waals surface area (Å²) in [6.45, 7) is 9.15. The van der Waals surface area contributed by atoms with Crippen molar-refractivity contribution in [3.63, 3.8) is 0 Å². The van der Waals surface area contributed by atoms with Crippen LogP contribution in [-0.2, 0) is 69.8 Å². The first-order valence-electron chi connectivity index (χ1n) is 25.8. The van der Waals surface area contributed by atoms with E-state index in [0.29, 0.717) is 0 Å². The van der Waals surface area contributed by atoms with E-state index in [-0.39, 0.29) is 27.2 Å². The number of hydrogen-bond donors (Lipinski definition) is 0. The lowest BCUT2D eigenvalue weighted by atomic mass is 9.70. The number of ether oxygens (including phenoxy) is 10. The summed E-state index contributed by atoms with van der Waals surface area (Å²) in [5.74, 6) is 0. The standard InChI is InChI=1S/C63H74O10/c1-58(2)59(3,4)73-57(72-58)52-26-32-56(33-27-52)63(71-45-67-8)40-38-62(39-41-63,70-44-66-7)55-30-24-51(25-31-55)49-20-16-47(17-21-49)46-14-18-48(19-15-46)50-22-28-54(29-23-50)61(69-43-65-6)36-34-60(35-37-61,68-42-64-5)53-12-10-9-11-13-53/h9-33,57H,34-45H2,1-8H3. The molecule has 0 unspecified atom stereocenters. The third-order valence-corrected chi connectivity index (χ3v) is 16.4. The molecule has 10 heteroatoms. The van der Waals surface area contributed by atoms with Gasteiger partial charge in [0.25, 0.3) is 0 Å². The van der Waals surface area contributed by atoms with Crippen LogP contribution >= 0.6 is 0 Å². The third kappa shape index (κ3) is 11.0. The smallest absolute Gasteiger partial charge is 0.185 e. The van der Waals surface area contributed by atoms with Gasteiger partial charge in [0, 0.05) is 34.0 Å². The van der Waals surface area contributed by atoms with E-state index in [4.69, 9.17) is 47.4 Å². The molecule has 6 aromatic rings. The average Bonchev–Trinajstić information content (AvgIpc) is 3.67. The van der Waals surface area contributed by atoms with Gasteiger partial charge in [0.2, 0.25) is 0 Å². The van der Waals surface area contributed by atoms with Gasteiger partial charge < -0.3 is 47.4 Å². The van der Waals surface area contributed by atoms with E-state index in [9.17, 15) is 0 Å². The van der Waals surface area contributed by atoms with Crippen molar-refractivity contribution in [3.05, 3.63) is 179 Å². The van der Waals surface area contributed by atoms with E-state index in [1.807, 2.05) is 6.07 Å². The average molecular weight is 991 g/mol. The Labute approximate surface area is 433 Å². The van der Waals surface area contributed by atoms with E-state index in [0.717, 1.165) is 107 Å². The second kappa shape index (κ2) is 22.4. The molecule has 6 aromatic carbocycles. The summed E-state index contributed by atoms with van der Waals surface area (Å²) in [5.41, 5.74) is 9.63. The predicted octanol–water partition coefficient (Wildman–Crippen LogP) is 14.1. The van der Waals surface area contributed by atoms with Gasteiger partial charge in [-0.15, -0.1) is 0 Å². The minimum Gasteiger partial charge on any atom is -0.359 e. The Morgan fingerprint density at radius 2 is 0.562 bits per heavy atom. The van der Waals surface area contributed by atoms with E-state index in [1.54, 1.807) is 28.4 Å². The summed E-state index contributed by atoms with van der Waals surface area (Å²) in [6, 6.07) is 54.3. The predicted molar refractivity (Wildman–Crippen MR) is 284 cm³/mol. The first-order chi connectivity index (χ1) is 35.3. The summed E-state index contributed by atoms with van der Waals surface area (Å²) < 4.78 is 60.7. The molecule has 3 aliphatic rings. The van der Waals surface area contributed by atoms with Gasteiger partial charge in [-0.2, -0.15) is 0 Å². The number of rotatable bonds is 20. The highest BCUT2D eigenvalue weighted by atomic mass is 16.7.